The Hall–Kier alpha value is -1.56. The molecular weight excluding hydrogens is 212 g/mol. The normalized spacial score (nSPS) is 9.64. The molecule has 0 N–H and O–H groups in total. The molecule has 0 radical (unpaired) electrons. The molecule has 0 atom stereocenters. The van der Waals surface area contributed by atoms with E-state index in [2.05, 4.69) is 4.98 Å². The van der Waals surface area contributed by atoms with E-state index in [1.165, 1.54) is 14.2 Å². The van der Waals surface area contributed by atoms with Crippen LogP contribution in [0, 0.1) is 10.1 Å². The molecule has 0 spiro atoms. The van der Waals surface area contributed by atoms with Crippen molar-refractivity contribution >= 4 is 17.3 Å². The summed E-state index contributed by atoms with van der Waals surface area (Å²) in [5.41, 5.74) is -0.293. The molecule has 0 saturated carbocycles. The van der Waals surface area contributed by atoms with Crippen LogP contribution in [0.4, 0.5) is 5.69 Å². The molecule has 1 heterocycles. The fourth-order valence-corrected chi connectivity index (χ4v) is 1.09. The number of aromatic nitrogens is 1. The molecule has 76 valence electrons. The molecule has 7 heteroatoms. The minimum Gasteiger partial charge on any atom is -0.480 e. The van der Waals surface area contributed by atoms with Gasteiger partial charge in [-0.1, -0.05) is 11.6 Å². The third kappa shape index (κ3) is 1.85. The fourth-order valence-electron chi connectivity index (χ4n) is 0.871. The summed E-state index contributed by atoms with van der Waals surface area (Å²) in [6, 6.07) is 1.13. The van der Waals surface area contributed by atoms with Gasteiger partial charge in [-0.15, -0.1) is 0 Å². The van der Waals surface area contributed by atoms with Crippen LogP contribution < -0.4 is 9.47 Å². The molecule has 6 nitrogen and oxygen atoms in total. The van der Waals surface area contributed by atoms with Crippen LogP contribution in [0.3, 0.4) is 0 Å². The van der Waals surface area contributed by atoms with E-state index in [4.69, 9.17) is 21.1 Å². The van der Waals surface area contributed by atoms with Crippen molar-refractivity contribution in [2.75, 3.05) is 14.2 Å². The Bertz CT molecular complexity index is 369. The monoisotopic (exact) mass is 218 g/mol. The topological polar surface area (TPSA) is 74.5 Å². The number of rotatable bonds is 3. The maximum absolute atomic E-state index is 10.5. The van der Waals surface area contributed by atoms with Crippen LogP contribution in [-0.4, -0.2) is 24.1 Å². The van der Waals surface area contributed by atoms with Crippen molar-refractivity contribution in [1.29, 1.82) is 0 Å². The Morgan fingerprint density at radius 2 is 2.00 bits per heavy atom. The third-order valence-corrected chi connectivity index (χ3v) is 1.74. The second kappa shape index (κ2) is 4.10. The summed E-state index contributed by atoms with van der Waals surface area (Å²) in [6.45, 7) is 0. The average Bonchev–Trinajstić information content (AvgIpc) is 2.17. The molecule has 0 bridgehead atoms. The van der Waals surface area contributed by atoms with Gasteiger partial charge in [-0.05, 0) is 0 Å². The molecular formula is C7H7ClN2O4. The van der Waals surface area contributed by atoms with Crippen LogP contribution in [0.2, 0.25) is 5.02 Å². The number of nitro groups is 1. The van der Waals surface area contributed by atoms with Crippen LogP contribution in [0.15, 0.2) is 6.07 Å². The Kier molecular flexibility index (Phi) is 3.08. The molecule has 0 aliphatic heterocycles. The minimum absolute atomic E-state index is 0.0694. The largest absolute Gasteiger partial charge is 0.480 e. The van der Waals surface area contributed by atoms with Gasteiger partial charge in [0.05, 0.1) is 19.1 Å². The summed E-state index contributed by atoms with van der Waals surface area (Å²) in [4.78, 5) is 13.6. The summed E-state index contributed by atoms with van der Waals surface area (Å²) in [5, 5.41) is 10.6. The second-order valence-corrected chi connectivity index (χ2v) is 2.67. The SMILES string of the molecule is COc1nc(OC)c([N+](=O)[O-])cc1Cl. The van der Waals surface area contributed by atoms with E-state index in [1.54, 1.807) is 0 Å². The van der Waals surface area contributed by atoms with Crippen LogP contribution in [0.25, 0.3) is 0 Å². The highest BCUT2D eigenvalue weighted by atomic mass is 35.5. The quantitative estimate of drug-likeness (QED) is 0.570. The van der Waals surface area contributed by atoms with Gasteiger partial charge in [0.1, 0.15) is 5.02 Å². The van der Waals surface area contributed by atoms with E-state index in [0.29, 0.717) is 0 Å². The summed E-state index contributed by atoms with van der Waals surface area (Å²) < 4.78 is 9.49. The van der Waals surface area contributed by atoms with Crippen molar-refractivity contribution in [3.05, 3.63) is 21.2 Å². The summed E-state index contributed by atoms with van der Waals surface area (Å²) in [6.07, 6.45) is 0. The van der Waals surface area contributed by atoms with Gasteiger partial charge in [-0.2, -0.15) is 4.98 Å². The van der Waals surface area contributed by atoms with E-state index >= 15 is 0 Å². The Balaban J connectivity index is 3.31. The molecule has 0 fully saturated rings. The van der Waals surface area contributed by atoms with E-state index in [-0.39, 0.29) is 22.5 Å². The number of halogens is 1. The predicted octanol–water partition coefficient (Wildman–Crippen LogP) is 1.66. The van der Waals surface area contributed by atoms with Gasteiger partial charge in [-0.3, -0.25) is 10.1 Å². The van der Waals surface area contributed by atoms with Gasteiger partial charge in [0.25, 0.3) is 5.88 Å². The lowest BCUT2D eigenvalue weighted by molar-refractivity contribution is -0.386. The molecule has 0 aliphatic carbocycles. The zero-order valence-electron chi connectivity index (χ0n) is 7.48. The fraction of sp³-hybridized carbons (Fsp3) is 0.286. The highest BCUT2D eigenvalue weighted by Gasteiger charge is 2.20. The van der Waals surface area contributed by atoms with Crippen molar-refractivity contribution in [3.8, 4) is 11.8 Å². The summed E-state index contributed by atoms with van der Waals surface area (Å²) in [5.74, 6) is -0.0367. The van der Waals surface area contributed by atoms with Crippen molar-refractivity contribution in [2.24, 2.45) is 0 Å². The highest BCUT2D eigenvalue weighted by molar-refractivity contribution is 6.32. The van der Waals surface area contributed by atoms with Gasteiger partial charge in [0.2, 0.25) is 5.88 Å². The highest BCUT2D eigenvalue weighted by Crippen LogP contribution is 2.33. The van der Waals surface area contributed by atoms with Crippen molar-refractivity contribution in [2.45, 2.75) is 0 Å². The maximum Gasteiger partial charge on any atom is 0.332 e. The Labute approximate surface area is 84.6 Å². The smallest absolute Gasteiger partial charge is 0.332 e. The van der Waals surface area contributed by atoms with Gasteiger partial charge < -0.3 is 9.47 Å². The molecule has 0 aliphatic rings. The van der Waals surface area contributed by atoms with Gasteiger partial charge >= 0.3 is 5.69 Å². The molecule has 1 aromatic heterocycles. The molecule has 0 amide bonds. The molecule has 1 aromatic rings. The summed E-state index contributed by atoms with van der Waals surface area (Å²) >= 11 is 5.66. The van der Waals surface area contributed by atoms with Crippen LogP contribution >= 0.6 is 11.6 Å². The standard InChI is InChI=1S/C7H7ClN2O4/c1-13-6-4(8)3-5(10(11)12)7(9-6)14-2/h3H,1-2H3. The van der Waals surface area contributed by atoms with Gasteiger partial charge in [0.15, 0.2) is 0 Å². The lowest BCUT2D eigenvalue weighted by Crippen LogP contribution is -1.98. The number of nitrogens with zero attached hydrogens (tertiary/aromatic N) is 2. The van der Waals surface area contributed by atoms with Crippen LogP contribution in [-0.2, 0) is 0 Å². The predicted molar refractivity (Wildman–Crippen MR) is 49.0 cm³/mol. The maximum atomic E-state index is 10.5. The third-order valence-electron chi connectivity index (χ3n) is 1.47. The van der Waals surface area contributed by atoms with Crippen molar-refractivity contribution in [3.63, 3.8) is 0 Å². The van der Waals surface area contributed by atoms with E-state index in [0.717, 1.165) is 6.07 Å². The zero-order chi connectivity index (χ0) is 10.7. The number of methoxy groups -OCH3 is 2. The lowest BCUT2D eigenvalue weighted by Gasteiger charge is -2.04. The first kappa shape index (κ1) is 10.5. The molecule has 1 rings (SSSR count). The van der Waals surface area contributed by atoms with Crippen LogP contribution in [0.5, 0.6) is 11.8 Å². The number of hydrogen-bond donors (Lipinski definition) is 0. The molecule has 0 unspecified atom stereocenters. The number of ether oxygens (including phenoxy) is 2. The van der Waals surface area contributed by atoms with Gasteiger partial charge in [-0.25, -0.2) is 0 Å². The van der Waals surface area contributed by atoms with E-state index in [9.17, 15) is 10.1 Å². The Morgan fingerprint density at radius 3 is 2.43 bits per heavy atom. The van der Waals surface area contributed by atoms with E-state index < -0.39 is 4.92 Å². The van der Waals surface area contributed by atoms with Gasteiger partial charge in [0, 0.05) is 6.07 Å². The second-order valence-electron chi connectivity index (χ2n) is 2.26. The first-order chi connectivity index (χ1) is 6.60. The summed E-state index contributed by atoms with van der Waals surface area (Å²) in [7, 11) is 2.64. The molecule has 14 heavy (non-hydrogen) atoms. The molecule has 0 aromatic carbocycles. The molecule has 0 saturated heterocycles. The van der Waals surface area contributed by atoms with E-state index in [1.807, 2.05) is 0 Å². The van der Waals surface area contributed by atoms with Crippen LogP contribution in [0.1, 0.15) is 0 Å². The number of pyridine rings is 1. The van der Waals surface area contributed by atoms with Crippen molar-refractivity contribution < 1.29 is 14.4 Å². The van der Waals surface area contributed by atoms with Crippen molar-refractivity contribution in [1.82, 2.24) is 4.98 Å². The zero-order valence-corrected chi connectivity index (χ0v) is 8.24. The first-order valence-corrected chi connectivity index (χ1v) is 3.91. The first-order valence-electron chi connectivity index (χ1n) is 3.53. The minimum atomic E-state index is -0.628. The Morgan fingerprint density at radius 1 is 1.43 bits per heavy atom. The lowest BCUT2D eigenvalue weighted by atomic mass is 10.4. The number of hydrogen-bond acceptors (Lipinski definition) is 5. The average molecular weight is 219 g/mol.